The lowest BCUT2D eigenvalue weighted by atomic mass is 10.0. The van der Waals surface area contributed by atoms with E-state index in [4.69, 9.17) is 9.15 Å². The van der Waals surface area contributed by atoms with E-state index in [9.17, 15) is 22.8 Å². The molecule has 1 aromatic heterocycles. The van der Waals surface area contributed by atoms with Gasteiger partial charge in [-0.25, -0.2) is 13.2 Å². The number of halogens is 3. The second-order valence-corrected chi connectivity index (χ2v) is 8.19. The molecule has 2 heterocycles. The molecule has 1 N–H and O–H groups in total. The van der Waals surface area contributed by atoms with Crippen LogP contribution in [-0.4, -0.2) is 57.8 Å². The number of nitrogens with one attached hydrogen (secondary N) is 1. The number of carbonyl (C=O) groups is 1. The molecule has 0 saturated carbocycles. The molecule has 0 unspecified atom stereocenters. The Labute approximate surface area is 193 Å². The monoisotopic (exact) mass is 475 g/mol. The summed E-state index contributed by atoms with van der Waals surface area (Å²) in [5, 5.41) is 2.91. The van der Waals surface area contributed by atoms with Gasteiger partial charge >= 0.3 is 0 Å². The van der Waals surface area contributed by atoms with Crippen LogP contribution in [0.3, 0.4) is 0 Å². The Morgan fingerprint density at radius 2 is 1.82 bits per heavy atom. The summed E-state index contributed by atoms with van der Waals surface area (Å²) in [5.74, 6) is -3.31. The summed E-state index contributed by atoms with van der Waals surface area (Å²) < 4.78 is 52.5. The van der Waals surface area contributed by atoms with Crippen LogP contribution in [0.1, 0.15) is 15.9 Å². The van der Waals surface area contributed by atoms with Gasteiger partial charge in [0.2, 0.25) is 0 Å². The summed E-state index contributed by atoms with van der Waals surface area (Å²) in [6.07, 6.45) is 0.193. The zero-order chi connectivity index (χ0) is 24.4. The lowest BCUT2D eigenvalue weighted by molar-refractivity contribution is 0.0827. The van der Waals surface area contributed by atoms with Crippen LogP contribution in [0.15, 0.2) is 39.5 Å². The topological polar surface area (TPSA) is 75.0 Å². The van der Waals surface area contributed by atoms with Gasteiger partial charge in [-0.15, -0.1) is 0 Å². The zero-order valence-electron chi connectivity index (χ0n) is 18.8. The lowest BCUT2D eigenvalue weighted by Gasteiger charge is -2.27. The molecule has 180 valence electrons. The molecule has 0 atom stereocenters. The van der Waals surface area contributed by atoms with E-state index < -0.39 is 17.5 Å². The number of fused-ring (bicyclic) bond motifs is 1. The minimum Gasteiger partial charge on any atom is -0.440 e. The molecular weight excluding hydrogens is 451 g/mol. The van der Waals surface area contributed by atoms with Gasteiger partial charge < -0.3 is 24.3 Å². The van der Waals surface area contributed by atoms with Crippen molar-refractivity contribution in [2.75, 3.05) is 57.2 Å². The first-order valence-electron chi connectivity index (χ1n) is 10.8. The van der Waals surface area contributed by atoms with E-state index in [1.54, 1.807) is 20.2 Å². The largest absolute Gasteiger partial charge is 0.440 e. The number of nitrogens with zero attached hydrogens (tertiary/aromatic N) is 2. The van der Waals surface area contributed by atoms with Crippen molar-refractivity contribution in [3.05, 3.63) is 69.1 Å². The van der Waals surface area contributed by atoms with Crippen molar-refractivity contribution in [1.82, 2.24) is 4.90 Å². The lowest BCUT2D eigenvalue weighted by Crippen LogP contribution is -2.36. The van der Waals surface area contributed by atoms with E-state index in [0.717, 1.165) is 6.07 Å². The Morgan fingerprint density at radius 3 is 2.53 bits per heavy atom. The van der Waals surface area contributed by atoms with Gasteiger partial charge in [0.15, 0.2) is 22.9 Å². The molecule has 1 fully saturated rings. The van der Waals surface area contributed by atoms with Gasteiger partial charge in [0, 0.05) is 57.5 Å². The molecule has 10 heteroatoms. The van der Waals surface area contributed by atoms with E-state index in [1.807, 2.05) is 4.90 Å². The maximum absolute atomic E-state index is 14.0. The van der Waals surface area contributed by atoms with E-state index >= 15 is 0 Å². The van der Waals surface area contributed by atoms with Gasteiger partial charge in [-0.1, -0.05) is 0 Å². The van der Waals surface area contributed by atoms with Crippen LogP contribution in [-0.2, 0) is 11.2 Å². The van der Waals surface area contributed by atoms with Crippen molar-refractivity contribution < 1.29 is 27.1 Å². The summed E-state index contributed by atoms with van der Waals surface area (Å²) in [7, 11) is 3.19. The molecule has 4 rings (SSSR count). The van der Waals surface area contributed by atoms with Gasteiger partial charge in [-0.05, 0) is 24.1 Å². The number of amides is 1. The van der Waals surface area contributed by atoms with E-state index in [2.05, 4.69) is 5.32 Å². The van der Waals surface area contributed by atoms with Crippen LogP contribution in [0, 0.1) is 17.5 Å². The molecule has 0 spiro atoms. The molecule has 3 aromatic rings. The summed E-state index contributed by atoms with van der Waals surface area (Å²) >= 11 is 0. The second kappa shape index (κ2) is 9.76. The average Bonchev–Trinajstić information content (AvgIpc) is 2.82. The first-order valence-corrected chi connectivity index (χ1v) is 10.8. The molecule has 1 amide bonds. The predicted molar refractivity (Wildman–Crippen MR) is 122 cm³/mol. The molecule has 0 aliphatic carbocycles. The van der Waals surface area contributed by atoms with Crippen LogP contribution < -0.4 is 15.6 Å². The molecule has 1 saturated heterocycles. The summed E-state index contributed by atoms with van der Waals surface area (Å²) in [5.41, 5.74) is 0.500. The molecule has 34 heavy (non-hydrogen) atoms. The third-order valence-electron chi connectivity index (χ3n) is 5.57. The highest BCUT2D eigenvalue weighted by Gasteiger charge is 2.20. The highest BCUT2D eigenvalue weighted by Crippen LogP contribution is 2.26. The van der Waals surface area contributed by atoms with Crippen LogP contribution in [0.25, 0.3) is 11.0 Å². The van der Waals surface area contributed by atoms with E-state index in [-0.39, 0.29) is 35.4 Å². The number of morpholine rings is 1. The fourth-order valence-corrected chi connectivity index (χ4v) is 3.84. The van der Waals surface area contributed by atoms with Gasteiger partial charge in [-0.3, -0.25) is 9.59 Å². The van der Waals surface area contributed by atoms with E-state index in [0.29, 0.717) is 55.0 Å². The Kier molecular flexibility index (Phi) is 6.78. The third-order valence-corrected chi connectivity index (χ3v) is 5.57. The minimum atomic E-state index is -1.30. The minimum absolute atomic E-state index is 0.0695. The summed E-state index contributed by atoms with van der Waals surface area (Å²) in [4.78, 5) is 28.9. The molecule has 0 bridgehead atoms. The number of anilines is 2. The highest BCUT2D eigenvalue weighted by molar-refractivity contribution is 5.98. The normalized spacial score (nSPS) is 13.9. The molecular formula is C24H24F3N3O4. The Morgan fingerprint density at radius 1 is 1.09 bits per heavy atom. The summed E-state index contributed by atoms with van der Waals surface area (Å²) in [6, 6.07) is 5.82. The first-order chi connectivity index (χ1) is 16.2. The Balaban J connectivity index is 1.72. The van der Waals surface area contributed by atoms with Crippen molar-refractivity contribution in [2.45, 2.75) is 6.42 Å². The second-order valence-electron chi connectivity index (χ2n) is 8.19. The Hall–Kier alpha value is -3.53. The average molecular weight is 475 g/mol. The molecule has 2 aromatic carbocycles. The van der Waals surface area contributed by atoms with Crippen LogP contribution in [0.2, 0.25) is 0 Å². The quantitative estimate of drug-likeness (QED) is 0.551. The van der Waals surface area contributed by atoms with Gasteiger partial charge in [0.05, 0.1) is 24.3 Å². The molecule has 1 aliphatic rings. The Bertz CT molecular complexity index is 1290. The highest BCUT2D eigenvalue weighted by atomic mass is 19.2. The number of benzene rings is 2. The standard InChI is InChI=1S/C24H24F3N3O4/c1-29(2)24(32)15-9-14(3-4-28-19-12-16(25)11-18(26)22(19)27)23-17(10-15)20(31)13-21(34-23)30-5-7-33-8-6-30/h9-13,28H,3-8H2,1-2H3. The van der Waals surface area contributed by atoms with Crippen LogP contribution >= 0.6 is 0 Å². The smallest absolute Gasteiger partial charge is 0.253 e. The van der Waals surface area contributed by atoms with Crippen molar-refractivity contribution >= 4 is 28.4 Å². The molecule has 0 radical (unpaired) electrons. The van der Waals surface area contributed by atoms with Gasteiger partial charge in [-0.2, -0.15) is 0 Å². The maximum Gasteiger partial charge on any atom is 0.253 e. The van der Waals surface area contributed by atoms with Crippen molar-refractivity contribution in [1.29, 1.82) is 0 Å². The van der Waals surface area contributed by atoms with Gasteiger partial charge in [0.25, 0.3) is 5.91 Å². The maximum atomic E-state index is 14.0. The summed E-state index contributed by atoms with van der Waals surface area (Å²) in [6.45, 7) is 2.20. The number of rotatable bonds is 6. The zero-order valence-corrected chi connectivity index (χ0v) is 18.8. The van der Waals surface area contributed by atoms with Gasteiger partial charge in [0.1, 0.15) is 11.4 Å². The number of ether oxygens (including phenoxy) is 1. The first kappa shape index (κ1) is 23.6. The fourth-order valence-electron chi connectivity index (χ4n) is 3.84. The molecule has 7 nitrogen and oxygen atoms in total. The van der Waals surface area contributed by atoms with Crippen molar-refractivity contribution in [3.8, 4) is 0 Å². The SMILES string of the molecule is CN(C)C(=O)c1cc(CCNc2cc(F)cc(F)c2F)c2oc(N3CCOCC3)cc(=O)c2c1. The van der Waals surface area contributed by atoms with Crippen molar-refractivity contribution in [3.63, 3.8) is 0 Å². The fraction of sp³-hybridized carbons (Fsp3) is 0.333. The molecule has 1 aliphatic heterocycles. The third kappa shape index (κ3) is 4.86. The van der Waals surface area contributed by atoms with Crippen LogP contribution in [0.5, 0.6) is 0 Å². The van der Waals surface area contributed by atoms with E-state index in [1.165, 1.54) is 17.0 Å². The van der Waals surface area contributed by atoms with Crippen LogP contribution in [0.4, 0.5) is 24.7 Å². The number of hydrogen-bond acceptors (Lipinski definition) is 6. The number of hydrogen-bond donors (Lipinski definition) is 1. The predicted octanol–water partition coefficient (Wildman–Crippen LogP) is 3.40. The number of carbonyl (C=O) groups excluding carboxylic acids is 1. The van der Waals surface area contributed by atoms with Crippen molar-refractivity contribution in [2.24, 2.45) is 0 Å².